The number of rotatable bonds is 7. The standard InChI is InChI=1S/C23H24F4N4O2/c24-15-2-4-20-17(12-15)18(22(32)30-20)14-29-16-3-5-21(19(13-16)23(25,26)27)28-6-1-7-31-8-10-33-11-9-31/h2-5,12-14,28-29H,1,6-11H2,(H,30,32). The molecule has 3 N–H and O–H groups in total. The van der Waals surface area contributed by atoms with Gasteiger partial charge in [-0.15, -0.1) is 0 Å². The number of halogens is 4. The van der Waals surface area contributed by atoms with Gasteiger partial charge in [0, 0.05) is 48.5 Å². The lowest BCUT2D eigenvalue weighted by molar-refractivity contribution is -0.136. The summed E-state index contributed by atoms with van der Waals surface area (Å²) in [6.45, 7) is 4.21. The number of anilines is 3. The molecular formula is C23H24F4N4O2. The molecule has 0 spiro atoms. The molecule has 0 aromatic heterocycles. The van der Waals surface area contributed by atoms with Crippen LogP contribution in [0.5, 0.6) is 0 Å². The van der Waals surface area contributed by atoms with E-state index in [1.165, 1.54) is 36.5 Å². The summed E-state index contributed by atoms with van der Waals surface area (Å²) in [6, 6.07) is 7.70. The van der Waals surface area contributed by atoms with Gasteiger partial charge in [0.05, 0.1) is 24.4 Å². The van der Waals surface area contributed by atoms with Gasteiger partial charge >= 0.3 is 6.18 Å². The van der Waals surface area contributed by atoms with Crippen LogP contribution in [0.1, 0.15) is 17.5 Å². The number of carbonyl (C=O) groups is 1. The second-order valence-electron chi connectivity index (χ2n) is 7.84. The Labute approximate surface area is 188 Å². The van der Waals surface area contributed by atoms with Crippen molar-refractivity contribution in [2.75, 3.05) is 55.3 Å². The molecule has 0 saturated carbocycles. The fraction of sp³-hybridized carbons (Fsp3) is 0.348. The zero-order valence-electron chi connectivity index (χ0n) is 17.8. The highest BCUT2D eigenvalue weighted by Crippen LogP contribution is 2.37. The lowest BCUT2D eigenvalue weighted by Gasteiger charge is -2.26. The quantitative estimate of drug-likeness (QED) is 0.322. The third-order valence-electron chi connectivity index (χ3n) is 5.54. The predicted molar refractivity (Wildman–Crippen MR) is 118 cm³/mol. The van der Waals surface area contributed by atoms with E-state index in [2.05, 4.69) is 20.9 Å². The molecule has 2 aliphatic rings. The summed E-state index contributed by atoms with van der Waals surface area (Å²) in [7, 11) is 0. The summed E-state index contributed by atoms with van der Waals surface area (Å²) in [4.78, 5) is 14.4. The smallest absolute Gasteiger partial charge is 0.385 e. The first kappa shape index (κ1) is 23.1. The summed E-state index contributed by atoms with van der Waals surface area (Å²) in [6.07, 6.45) is -2.57. The number of hydrogen-bond donors (Lipinski definition) is 3. The molecule has 6 nitrogen and oxygen atoms in total. The third kappa shape index (κ3) is 5.63. The molecule has 0 aliphatic carbocycles. The molecular weight excluding hydrogens is 440 g/mol. The summed E-state index contributed by atoms with van der Waals surface area (Å²) in [5.41, 5.74) is 0.284. The topological polar surface area (TPSA) is 65.6 Å². The molecule has 0 unspecified atom stereocenters. The van der Waals surface area contributed by atoms with Crippen LogP contribution in [0.25, 0.3) is 5.57 Å². The van der Waals surface area contributed by atoms with Crippen molar-refractivity contribution in [1.29, 1.82) is 0 Å². The van der Waals surface area contributed by atoms with Gasteiger partial charge in [-0.3, -0.25) is 9.69 Å². The Hall–Kier alpha value is -3.11. The molecule has 1 amide bonds. The Kier molecular flexibility index (Phi) is 6.85. The molecule has 4 rings (SSSR count). The normalized spacial score (nSPS) is 17.7. The molecule has 2 aliphatic heterocycles. The van der Waals surface area contributed by atoms with Crippen molar-refractivity contribution in [1.82, 2.24) is 4.90 Å². The van der Waals surface area contributed by atoms with Crippen molar-refractivity contribution in [2.24, 2.45) is 0 Å². The number of morpholine rings is 1. The number of hydrogen-bond acceptors (Lipinski definition) is 5. The van der Waals surface area contributed by atoms with Crippen LogP contribution >= 0.6 is 0 Å². The molecule has 0 radical (unpaired) electrons. The average molecular weight is 464 g/mol. The number of alkyl halides is 3. The number of nitrogens with one attached hydrogen (secondary N) is 3. The SMILES string of the molecule is O=C1Nc2ccc(F)cc2C1=CNc1ccc(NCCCN2CCOCC2)c(C(F)(F)F)c1. The van der Waals surface area contributed by atoms with Gasteiger partial charge < -0.3 is 20.7 Å². The van der Waals surface area contributed by atoms with Gasteiger partial charge in [-0.05, 0) is 49.4 Å². The summed E-state index contributed by atoms with van der Waals surface area (Å²) in [5, 5.41) is 8.21. The van der Waals surface area contributed by atoms with Crippen molar-refractivity contribution in [3.63, 3.8) is 0 Å². The molecule has 1 saturated heterocycles. The van der Waals surface area contributed by atoms with Gasteiger partial charge in [0.2, 0.25) is 0 Å². The summed E-state index contributed by atoms with van der Waals surface area (Å²) in [5.74, 6) is -0.975. The highest BCUT2D eigenvalue weighted by Gasteiger charge is 2.34. The largest absolute Gasteiger partial charge is 0.418 e. The molecule has 0 atom stereocenters. The minimum atomic E-state index is -4.56. The van der Waals surface area contributed by atoms with Gasteiger partial charge in [-0.2, -0.15) is 13.2 Å². The zero-order chi connectivity index (χ0) is 23.4. The van der Waals surface area contributed by atoms with Crippen LogP contribution in [0, 0.1) is 5.82 Å². The van der Waals surface area contributed by atoms with E-state index in [-0.39, 0.29) is 16.9 Å². The fourth-order valence-corrected chi connectivity index (χ4v) is 3.83. The fourth-order valence-electron chi connectivity index (χ4n) is 3.83. The van der Waals surface area contributed by atoms with E-state index >= 15 is 0 Å². The molecule has 10 heteroatoms. The van der Waals surface area contributed by atoms with E-state index in [0.717, 1.165) is 25.7 Å². The van der Waals surface area contributed by atoms with Gasteiger partial charge in [-0.25, -0.2) is 4.39 Å². The minimum absolute atomic E-state index is 0.00583. The molecule has 2 aromatic carbocycles. The first-order valence-corrected chi connectivity index (χ1v) is 10.6. The Bertz CT molecular complexity index is 1050. The maximum absolute atomic E-state index is 13.7. The van der Waals surface area contributed by atoms with Crippen molar-refractivity contribution >= 4 is 28.5 Å². The third-order valence-corrected chi connectivity index (χ3v) is 5.54. The van der Waals surface area contributed by atoms with Crippen LogP contribution in [0.4, 0.5) is 34.6 Å². The first-order valence-electron chi connectivity index (χ1n) is 10.6. The maximum Gasteiger partial charge on any atom is 0.418 e. The second-order valence-corrected chi connectivity index (χ2v) is 7.84. The first-order chi connectivity index (χ1) is 15.8. The molecule has 1 fully saturated rings. The highest BCUT2D eigenvalue weighted by atomic mass is 19.4. The van der Waals surface area contributed by atoms with Gasteiger partial charge in [-0.1, -0.05) is 0 Å². The molecule has 0 bridgehead atoms. The lowest BCUT2D eigenvalue weighted by Crippen LogP contribution is -2.37. The van der Waals surface area contributed by atoms with Crippen LogP contribution in [-0.4, -0.2) is 50.2 Å². The highest BCUT2D eigenvalue weighted by molar-refractivity contribution is 6.31. The number of benzene rings is 2. The average Bonchev–Trinajstić information content (AvgIpc) is 3.10. The zero-order valence-corrected chi connectivity index (χ0v) is 17.8. The van der Waals surface area contributed by atoms with Crippen LogP contribution < -0.4 is 16.0 Å². The van der Waals surface area contributed by atoms with Crippen molar-refractivity contribution in [3.05, 3.63) is 59.5 Å². The van der Waals surface area contributed by atoms with Gasteiger partial charge in [0.25, 0.3) is 5.91 Å². The lowest BCUT2D eigenvalue weighted by atomic mass is 10.1. The Morgan fingerprint density at radius 1 is 1.12 bits per heavy atom. The van der Waals surface area contributed by atoms with Crippen LogP contribution in [0.2, 0.25) is 0 Å². The maximum atomic E-state index is 13.7. The molecule has 176 valence electrons. The summed E-state index contributed by atoms with van der Waals surface area (Å²) >= 11 is 0. The van der Waals surface area contributed by atoms with Gasteiger partial charge in [0.1, 0.15) is 5.82 Å². The van der Waals surface area contributed by atoms with Crippen LogP contribution in [0.3, 0.4) is 0 Å². The monoisotopic (exact) mass is 464 g/mol. The number of amides is 1. The van der Waals surface area contributed by atoms with Gasteiger partial charge in [0.15, 0.2) is 0 Å². The van der Waals surface area contributed by atoms with Crippen LogP contribution in [0.15, 0.2) is 42.6 Å². The minimum Gasteiger partial charge on any atom is -0.385 e. The van der Waals surface area contributed by atoms with Crippen molar-refractivity contribution in [2.45, 2.75) is 12.6 Å². The predicted octanol–water partition coefficient (Wildman–Crippen LogP) is 4.38. The Morgan fingerprint density at radius 3 is 2.67 bits per heavy atom. The van der Waals surface area contributed by atoms with Crippen LogP contribution in [-0.2, 0) is 15.7 Å². The van der Waals surface area contributed by atoms with Crippen molar-refractivity contribution < 1.29 is 27.1 Å². The molecule has 2 aromatic rings. The van der Waals surface area contributed by atoms with E-state index in [4.69, 9.17) is 4.74 Å². The Morgan fingerprint density at radius 2 is 1.91 bits per heavy atom. The van der Waals surface area contributed by atoms with E-state index in [1.54, 1.807) is 0 Å². The number of nitrogens with zero attached hydrogens (tertiary/aromatic N) is 1. The molecule has 33 heavy (non-hydrogen) atoms. The second kappa shape index (κ2) is 9.80. The van der Waals surface area contributed by atoms with E-state index in [1.807, 2.05) is 0 Å². The summed E-state index contributed by atoms with van der Waals surface area (Å²) < 4.78 is 59.8. The van der Waals surface area contributed by atoms with Crippen molar-refractivity contribution in [3.8, 4) is 0 Å². The molecule has 2 heterocycles. The number of carbonyl (C=O) groups excluding carboxylic acids is 1. The Balaban J connectivity index is 1.44. The van der Waals surface area contributed by atoms with E-state index < -0.39 is 23.5 Å². The number of fused-ring (bicyclic) bond motifs is 1. The van der Waals surface area contributed by atoms with E-state index in [9.17, 15) is 22.4 Å². The van der Waals surface area contributed by atoms with E-state index in [0.29, 0.717) is 37.4 Å². The number of ether oxygens (including phenoxy) is 1.